The third-order valence-corrected chi connectivity index (χ3v) is 4.93. The van der Waals surface area contributed by atoms with Crippen molar-refractivity contribution in [2.24, 2.45) is 0 Å². The van der Waals surface area contributed by atoms with Gasteiger partial charge in [0.15, 0.2) is 17.5 Å². The first-order valence-electron chi connectivity index (χ1n) is 10.3. The van der Waals surface area contributed by atoms with E-state index < -0.39 is 23.3 Å². The summed E-state index contributed by atoms with van der Waals surface area (Å²) >= 11 is 0. The minimum Gasteiger partial charge on any atom is -0.378 e. The highest BCUT2D eigenvalue weighted by Crippen LogP contribution is 2.31. The Labute approximate surface area is 192 Å². The molecule has 176 valence electrons. The molecule has 4 rings (SSSR count). The molecule has 3 heterocycles. The highest BCUT2D eigenvalue weighted by atomic mass is 19.4. The average molecular weight is 473 g/mol. The highest BCUT2D eigenvalue weighted by Gasteiger charge is 2.30. The van der Waals surface area contributed by atoms with E-state index in [9.17, 15) is 22.4 Å². The molecule has 0 aliphatic carbocycles. The van der Waals surface area contributed by atoms with Gasteiger partial charge in [0.25, 0.3) is 0 Å². The third-order valence-electron chi connectivity index (χ3n) is 4.93. The van der Waals surface area contributed by atoms with Gasteiger partial charge >= 0.3 is 6.18 Å². The number of benzene rings is 1. The van der Waals surface area contributed by atoms with Gasteiger partial charge in [-0.2, -0.15) is 13.2 Å². The minimum atomic E-state index is -4.45. The van der Waals surface area contributed by atoms with Gasteiger partial charge < -0.3 is 15.0 Å². The summed E-state index contributed by atoms with van der Waals surface area (Å²) in [5.74, 6) is -0.685. The standard InChI is InChI=1S/C23H19F4N5O2/c24-18-14-29-21(31-22(18)32-8-10-34-11-9-32)7-6-20(33)19-5-4-17(13-28-19)30-16-3-1-2-15(12-16)23(25,26)27/h1-7,12-14,30H,8-11H2/b7-6+. The number of ketones is 1. The minimum absolute atomic E-state index is 0.112. The lowest BCUT2D eigenvalue weighted by Gasteiger charge is -2.27. The largest absolute Gasteiger partial charge is 0.416 e. The van der Waals surface area contributed by atoms with Gasteiger partial charge in [-0.25, -0.2) is 14.4 Å². The third kappa shape index (κ3) is 5.73. The number of hydrogen-bond acceptors (Lipinski definition) is 7. The first-order valence-corrected chi connectivity index (χ1v) is 10.3. The Balaban J connectivity index is 1.42. The maximum Gasteiger partial charge on any atom is 0.416 e. The number of carbonyl (C=O) groups excluding carboxylic acids is 1. The molecule has 0 spiro atoms. The number of hydrogen-bond donors (Lipinski definition) is 1. The summed E-state index contributed by atoms with van der Waals surface area (Å²) in [5.41, 5.74) is -0.0134. The Kier molecular flexibility index (Phi) is 6.82. The summed E-state index contributed by atoms with van der Waals surface area (Å²) in [6.07, 6.45) is 0.525. The van der Waals surface area contributed by atoms with Crippen LogP contribution in [0.15, 0.2) is 54.9 Å². The van der Waals surface area contributed by atoms with Crippen LogP contribution in [0.4, 0.5) is 34.8 Å². The molecule has 0 atom stereocenters. The second kappa shape index (κ2) is 9.96. The van der Waals surface area contributed by atoms with E-state index in [0.717, 1.165) is 18.3 Å². The molecule has 1 aliphatic rings. The molecular weight excluding hydrogens is 454 g/mol. The van der Waals surface area contributed by atoms with E-state index in [-0.39, 0.29) is 23.0 Å². The van der Waals surface area contributed by atoms with Gasteiger partial charge in [0.1, 0.15) is 5.69 Å². The fraction of sp³-hybridized carbons (Fsp3) is 0.217. The number of carbonyl (C=O) groups is 1. The van der Waals surface area contributed by atoms with Crippen LogP contribution in [-0.4, -0.2) is 47.0 Å². The maximum atomic E-state index is 14.1. The van der Waals surface area contributed by atoms with Crippen molar-refractivity contribution in [2.45, 2.75) is 6.18 Å². The maximum absolute atomic E-state index is 14.1. The molecule has 0 unspecified atom stereocenters. The Morgan fingerprint density at radius 3 is 2.56 bits per heavy atom. The van der Waals surface area contributed by atoms with E-state index in [1.807, 2.05) is 0 Å². The first kappa shape index (κ1) is 23.3. The fourth-order valence-electron chi connectivity index (χ4n) is 3.24. The Hall–Kier alpha value is -3.86. The molecule has 0 radical (unpaired) electrons. The van der Waals surface area contributed by atoms with E-state index in [1.165, 1.54) is 42.6 Å². The van der Waals surface area contributed by atoms with Gasteiger partial charge in [0.2, 0.25) is 5.78 Å². The van der Waals surface area contributed by atoms with E-state index in [2.05, 4.69) is 20.3 Å². The molecule has 34 heavy (non-hydrogen) atoms. The molecule has 1 N–H and O–H groups in total. The van der Waals surface area contributed by atoms with Crippen molar-refractivity contribution in [3.05, 3.63) is 77.8 Å². The molecule has 3 aromatic rings. The highest BCUT2D eigenvalue weighted by molar-refractivity contribution is 6.05. The van der Waals surface area contributed by atoms with Gasteiger partial charge in [-0.1, -0.05) is 6.07 Å². The van der Waals surface area contributed by atoms with Crippen molar-refractivity contribution in [3.8, 4) is 0 Å². The number of nitrogens with one attached hydrogen (secondary N) is 1. The zero-order valence-corrected chi connectivity index (χ0v) is 17.7. The van der Waals surface area contributed by atoms with Crippen molar-refractivity contribution < 1.29 is 27.1 Å². The number of alkyl halides is 3. The number of ether oxygens (including phenoxy) is 1. The van der Waals surface area contributed by atoms with Crippen molar-refractivity contribution >= 4 is 29.1 Å². The topological polar surface area (TPSA) is 80.2 Å². The van der Waals surface area contributed by atoms with E-state index in [1.54, 1.807) is 4.90 Å². The van der Waals surface area contributed by atoms with Crippen LogP contribution in [0.3, 0.4) is 0 Å². The molecule has 7 nitrogen and oxygen atoms in total. The Morgan fingerprint density at radius 2 is 1.85 bits per heavy atom. The number of halogens is 4. The summed E-state index contributed by atoms with van der Waals surface area (Å²) in [6.45, 7) is 1.94. The van der Waals surface area contributed by atoms with Gasteiger partial charge in [0, 0.05) is 18.8 Å². The van der Waals surface area contributed by atoms with Crippen molar-refractivity contribution in [3.63, 3.8) is 0 Å². The monoisotopic (exact) mass is 473 g/mol. The summed E-state index contributed by atoms with van der Waals surface area (Å²) in [7, 11) is 0. The molecule has 1 saturated heterocycles. The summed E-state index contributed by atoms with van der Waals surface area (Å²) in [4.78, 5) is 26.3. The summed E-state index contributed by atoms with van der Waals surface area (Å²) < 4.78 is 58.0. The van der Waals surface area contributed by atoms with Crippen LogP contribution in [0.2, 0.25) is 0 Å². The number of rotatable bonds is 6. The van der Waals surface area contributed by atoms with Gasteiger partial charge in [-0.05, 0) is 42.5 Å². The van der Waals surface area contributed by atoms with Crippen LogP contribution in [0.5, 0.6) is 0 Å². The van der Waals surface area contributed by atoms with Gasteiger partial charge in [0.05, 0.1) is 36.9 Å². The molecule has 0 saturated carbocycles. The molecule has 0 bridgehead atoms. The van der Waals surface area contributed by atoms with Crippen LogP contribution < -0.4 is 10.2 Å². The van der Waals surface area contributed by atoms with Crippen LogP contribution >= 0.6 is 0 Å². The van der Waals surface area contributed by atoms with E-state index in [4.69, 9.17) is 4.74 Å². The van der Waals surface area contributed by atoms with Crippen molar-refractivity contribution in [2.75, 3.05) is 36.5 Å². The second-order valence-electron chi connectivity index (χ2n) is 7.33. The van der Waals surface area contributed by atoms with Crippen LogP contribution in [0.1, 0.15) is 21.9 Å². The normalized spacial score (nSPS) is 14.4. The van der Waals surface area contributed by atoms with E-state index in [0.29, 0.717) is 32.0 Å². The molecule has 2 aromatic heterocycles. The zero-order chi connectivity index (χ0) is 24.1. The number of pyridine rings is 1. The fourth-order valence-corrected chi connectivity index (χ4v) is 3.24. The number of anilines is 3. The zero-order valence-electron chi connectivity index (χ0n) is 17.7. The van der Waals surface area contributed by atoms with Crippen molar-refractivity contribution in [1.82, 2.24) is 15.0 Å². The molecule has 1 aromatic carbocycles. The Morgan fingerprint density at radius 1 is 1.06 bits per heavy atom. The lowest BCUT2D eigenvalue weighted by Crippen LogP contribution is -2.37. The lowest BCUT2D eigenvalue weighted by atomic mass is 10.2. The van der Waals surface area contributed by atoms with Gasteiger partial charge in [-0.15, -0.1) is 0 Å². The number of allylic oxidation sites excluding steroid dienone is 1. The number of nitrogens with zero attached hydrogens (tertiary/aromatic N) is 4. The molecule has 11 heteroatoms. The number of morpholine rings is 1. The first-order chi connectivity index (χ1) is 16.3. The van der Waals surface area contributed by atoms with Crippen LogP contribution in [0.25, 0.3) is 6.08 Å². The van der Waals surface area contributed by atoms with Gasteiger partial charge in [-0.3, -0.25) is 9.78 Å². The quantitative estimate of drug-likeness (QED) is 0.321. The predicted molar refractivity (Wildman–Crippen MR) is 117 cm³/mol. The number of aromatic nitrogens is 3. The average Bonchev–Trinajstić information content (AvgIpc) is 2.84. The second-order valence-corrected chi connectivity index (χ2v) is 7.33. The molecule has 1 fully saturated rings. The van der Waals surface area contributed by atoms with E-state index >= 15 is 0 Å². The predicted octanol–water partition coefficient (Wildman–Crippen LogP) is 4.51. The summed E-state index contributed by atoms with van der Waals surface area (Å²) in [6, 6.07) is 7.71. The smallest absolute Gasteiger partial charge is 0.378 e. The van der Waals surface area contributed by atoms with Crippen LogP contribution in [-0.2, 0) is 10.9 Å². The van der Waals surface area contributed by atoms with Crippen LogP contribution in [0, 0.1) is 5.82 Å². The molecule has 1 aliphatic heterocycles. The molecule has 0 amide bonds. The SMILES string of the molecule is O=C(/C=C/c1ncc(F)c(N2CCOCC2)n1)c1ccc(Nc2cccc(C(F)(F)F)c2)cn1. The molecular formula is C23H19F4N5O2. The van der Waals surface area contributed by atoms with Crippen molar-refractivity contribution in [1.29, 1.82) is 0 Å². The lowest BCUT2D eigenvalue weighted by molar-refractivity contribution is -0.137. The summed E-state index contributed by atoms with van der Waals surface area (Å²) in [5, 5.41) is 2.82. The Bertz CT molecular complexity index is 1190.